The lowest BCUT2D eigenvalue weighted by atomic mass is 10.0. The molecule has 0 unspecified atom stereocenters. The minimum atomic E-state index is 0.359. The third-order valence-electron chi connectivity index (χ3n) is 2.88. The zero-order valence-corrected chi connectivity index (χ0v) is 9.79. The highest BCUT2D eigenvalue weighted by Crippen LogP contribution is 2.30. The van der Waals surface area contributed by atoms with Gasteiger partial charge in [-0.1, -0.05) is 0 Å². The molecule has 1 heterocycles. The van der Waals surface area contributed by atoms with E-state index in [1.54, 1.807) is 0 Å². The second-order valence-electron chi connectivity index (χ2n) is 4.00. The summed E-state index contributed by atoms with van der Waals surface area (Å²) < 4.78 is 5.30. The maximum Gasteiger partial charge on any atom is 0.289 e. The highest BCUT2D eigenvalue weighted by atomic mass is 16.5. The molecule has 4 heteroatoms. The van der Waals surface area contributed by atoms with Gasteiger partial charge in [0.25, 0.3) is 6.02 Å². The van der Waals surface area contributed by atoms with Crippen molar-refractivity contribution in [3.05, 3.63) is 22.8 Å². The van der Waals surface area contributed by atoms with Crippen LogP contribution in [0.1, 0.15) is 16.7 Å². The number of hydrogen-bond acceptors (Lipinski definition) is 4. The Morgan fingerprint density at radius 2 is 2.06 bits per heavy atom. The van der Waals surface area contributed by atoms with E-state index in [1.807, 2.05) is 26.8 Å². The summed E-state index contributed by atoms with van der Waals surface area (Å²) in [5.74, 6) is 0.359. The summed E-state index contributed by atoms with van der Waals surface area (Å²) in [4.78, 5) is 4.17. The van der Waals surface area contributed by atoms with E-state index in [2.05, 4.69) is 10.3 Å². The number of rotatable bonds is 1. The molecule has 0 aliphatic carbocycles. The highest BCUT2D eigenvalue weighted by molar-refractivity contribution is 5.91. The smallest absolute Gasteiger partial charge is 0.289 e. The van der Waals surface area contributed by atoms with Crippen LogP contribution in [-0.4, -0.2) is 24.3 Å². The van der Waals surface area contributed by atoms with Crippen LogP contribution < -0.4 is 5.32 Å². The minimum absolute atomic E-state index is 0.359. The maximum absolute atomic E-state index is 9.78. The first-order valence-electron chi connectivity index (χ1n) is 5.33. The first kappa shape index (κ1) is 10.8. The number of aryl methyl sites for hydroxylation is 1. The molecule has 0 spiro atoms. The number of benzene rings is 1. The molecule has 0 aromatic heterocycles. The van der Waals surface area contributed by atoms with Crippen molar-refractivity contribution >= 4 is 11.7 Å². The van der Waals surface area contributed by atoms with Crippen LogP contribution in [0.4, 0.5) is 5.69 Å². The van der Waals surface area contributed by atoms with Crippen molar-refractivity contribution in [3.63, 3.8) is 0 Å². The number of phenols is 1. The Kier molecular flexibility index (Phi) is 2.73. The summed E-state index contributed by atoms with van der Waals surface area (Å²) >= 11 is 0. The highest BCUT2D eigenvalue weighted by Gasteiger charge is 2.13. The predicted molar refractivity (Wildman–Crippen MR) is 64.2 cm³/mol. The topological polar surface area (TPSA) is 53.9 Å². The van der Waals surface area contributed by atoms with Crippen LogP contribution in [0.5, 0.6) is 5.75 Å². The van der Waals surface area contributed by atoms with E-state index >= 15 is 0 Å². The Balaban J connectivity index is 2.34. The molecule has 0 amide bonds. The summed E-state index contributed by atoms with van der Waals surface area (Å²) in [5, 5.41) is 12.9. The van der Waals surface area contributed by atoms with Gasteiger partial charge >= 0.3 is 0 Å². The van der Waals surface area contributed by atoms with Gasteiger partial charge in [0.1, 0.15) is 12.4 Å². The summed E-state index contributed by atoms with van der Waals surface area (Å²) in [6.45, 7) is 7.09. The van der Waals surface area contributed by atoms with Crippen molar-refractivity contribution in [2.45, 2.75) is 20.8 Å². The molecule has 1 aromatic carbocycles. The molecule has 0 saturated carbocycles. The first-order valence-corrected chi connectivity index (χ1v) is 5.33. The summed E-state index contributed by atoms with van der Waals surface area (Å²) in [7, 11) is 0. The van der Waals surface area contributed by atoms with Crippen LogP contribution in [0, 0.1) is 20.8 Å². The van der Waals surface area contributed by atoms with E-state index in [0.29, 0.717) is 24.9 Å². The zero-order valence-electron chi connectivity index (χ0n) is 9.79. The Hall–Kier alpha value is -1.71. The number of aliphatic imine (C=N–C) groups is 1. The van der Waals surface area contributed by atoms with Crippen molar-refractivity contribution in [2.75, 3.05) is 18.5 Å². The van der Waals surface area contributed by atoms with E-state index in [9.17, 15) is 5.11 Å². The van der Waals surface area contributed by atoms with Gasteiger partial charge < -0.3 is 15.2 Å². The molecular formula is C12H16N2O2. The molecule has 4 nitrogen and oxygen atoms in total. The van der Waals surface area contributed by atoms with E-state index in [1.165, 1.54) is 0 Å². The predicted octanol–water partition coefficient (Wildman–Crippen LogP) is 2.12. The average Bonchev–Trinajstić information content (AvgIpc) is 2.76. The number of nitrogens with one attached hydrogen (secondary N) is 1. The molecule has 86 valence electrons. The monoisotopic (exact) mass is 220 g/mol. The second kappa shape index (κ2) is 4.04. The van der Waals surface area contributed by atoms with Gasteiger partial charge in [0.15, 0.2) is 0 Å². The number of nitrogens with zero attached hydrogens (tertiary/aromatic N) is 1. The largest absolute Gasteiger partial charge is 0.507 e. The standard InChI is InChI=1S/C12H16N2O2/c1-7-6-10(8(2)9(3)11(7)15)14-12-13-4-5-16-12/h6,15H,4-5H2,1-3H3,(H,13,14). The summed E-state index contributed by atoms with van der Waals surface area (Å²) in [5.41, 5.74) is 3.69. The van der Waals surface area contributed by atoms with E-state index in [4.69, 9.17) is 4.74 Å². The van der Waals surface area contributed by atoms with Crippen molar-refractivity contribution in [1.29, 1.82) is 0 Å². The van der Waals surface area contributed by atoms with Crippen LogP contribution in [0.25, 0.3) is 0 Å². The first-order chi connectivity index (χ1) is 7.59. The molecule has 1 aromatic rings. The Labute approximate surface area is 95.0 Å². The molecule has 0 saturated heterocycles. The molecule has 0 atom stereocenters. The molecule has 16 heavy (non-hydrogen) atoms. The normalized spacial score (nSPS) is 14.6. The third-order valence-corrected chi connectivity index (χ3v) is 2.88. The van der Waals surface area contributed by atoms with Crippen LogP contribution in [-0.2, 0) is 4.74 Å². The van der Waals surface area contributed by atoms with Crippen LogP contribution in [0.2, 0.25) is 0 Å². The van der Waals surface area contributed by atoms with Gasteiger partial charge in [-0.15, -0.1) is 0 Å². The molecule has 0 fully saturated rings. The van der Waals surface area contributed by atoms with Gasteiger partial charge in [0.2, 0.25) is 0 Å². The van der Waals surface area contributed by atoms with Crippen molar-refractivity contribution in [1.82, 2.24) is 0 Å². The molecule has 1 aliphatic rings. The average molecular weight is 220 g/mol. The molecule has 0 radical (unpaired) electrons. The Morgan fingerprint density at radius 3 is 2.69 bits per heavy atom. The van der Waals surface area contributed by atoms with Gasteiger partial charge in [-0.05, 0) is 43.5 Å². The van der Waals surface area contributed by atoms with Crippen LogP contribution in [0.15, 0.2) is 11.1 Å². The fourth-order valence-corrected chi connectivity index (χ4v) is 1.72. The van der Waals surface area contributed by atoms with Gasteiger partial charge in [-0.2, -0.15) is 0 Å². The summed E-state index contributed by atoms with van der Waals surface area (Å²) in [6.07, 6.45) is 0. The van der Waals surface area contributed by atoms with Crippen molar-refractivity contribution < 1.29 is 9.84 Å². The number of phenolic OH excluding ortho intramolecular Hbond substituents is 1. The quantitative estimate of drug-likeness (QED) is 0.713. The van der Waals surface area contributed by atoms with Crippen molar-refractivity contribution in [3.8, 4) is 5.75 Å². The number of amidine groups is 1. The van der Waals surface area contributed by atoms with Crippen LogP contribution in [0.3, 0.4) is 0 Å². The zero-order chi connectivity index (χ0) is 11.7. The van der Waals surface area contributed by atoms with E-state index in [-0.39, 0.29) is 0 Å². The number of anilines is 1. The SMILES string of the molecule is Cc1cc(NC2=NCCO2)c(C)c(C)c1O. The molecule has 1 aliphatic heterocycles. The lowest BCUT2D eigenvalue weighted by Gasteiger charge is -2.14. The van der Waals surface area contributed by atoms with Crippen molar-refractivity contribution in [2.24, 2.45) is 4.99 Å². The van der Waals surface area contributed by atoms with Gasteiger partial charge in [0, 0.05) is 5.69 Å². The minimum Gasteiger partial charge on any atom is -0.507 e. The molecule has 2 N–H and O–H groups in total. The Morgan fingerprint density at radius 1 is 1.31 bits per heavy atom. The second-order valence-corrected chi connectivity index (χ2v) is 4.00. The van der Waals surface area contributed by atoms with Gasteiger partial charge in [0.05, 0.1) is 6.54 Å². The van der Waals surface area contributed by atoms with Crippen LogP contribution >= 0.6 is 0 Å². The van der Waals surface area contributed by atoms with E-state index < -0.39 is 0 Å². The molecule has 2 rings (SSSR count). The number of hydrogen-bond donors (Lipinski definition) is 2. The fraction of sp³-hybridized carbons (Fsp3) is 0.417. The lowest BCUT2D eigenvalue weighted by molar-refractivity contribution is 0.346. The molecule has 0 bridgehead atoms. The number of ether oxygens (including phenoxy) is 1. The third kappa shape index (κ3) is 1.83. The van der Waals surface area contributed by atoms with Gasteiger partial charge in [-0.25, -0.2) is 4.99 Å². The Bertz CT molecular complexity index is 453. The number of aromatic hydroxyl groups is 1. The maximum atomic E-state index is 9.78. The summed E-state index contributed by atoms with van der Waals surface area (Å²) in [6, 6.07) is 2.47. The van der Waals surface area contributed by atoms with E-state index in [0.717, 1.165) is 22.4 Å². The molecular weight excluding hydrogens is 204 g/mol. The van der Waals surface area contributed by atoms with Gasteiger partial charge in [-0.3, -0.25) is 0 Å². The lowest BCUT2D eigenvalue weighted by Crippen LogP contribution is -2.13. The fourth-order valence-electron chi connectivity index (χ4n) is 1.72.